The van der Waals surface area contributed by atoms with Gasteiger partial charge >= 0.3 is 0 Å². The zero-order valence-electron chi connectivity index (χ0n) is 17.8. The fourth-order valence-corrected chi connectivity index (χ4v) is 6.26. The molecule has 0 aromatic carbocycles. The average Bonchev–Trinajstić information content (AvgIpc) is 3.22. The number of hydrogen-bond acceptors (Lipinski definition) is 4. The number of carbonyl (C=O) groups is 1. The highest BCUT2D eigenvalue weighted by atomic mass is 35.5. The SMILES string of the molecule is O=C(CCC1CCCCC1)N1CCC(O)(Cn2cc(Cl)ncc2=O)C2(CCCC2)C1. The Labute approximate surface area is 183 Å². The van der Waals surface area contributed by atoms with Crippen molar-refractivity contribution >= 4 is 17.5 Å². The van der Waals surface area contributed by atoms with E-state index in [0.29, 0.717) is 31.8 Å². The Morgan fingerprint density at radius 1 is 1.17 bits per heavy atom. The minimum absolute atomic E-state index is 0.207. The Kier molecular flexibility index (Phi) is 6.54. The van der Waals surface area contributed by atoms with Gasteiger partial charge in [-0.25, -0.2) is 4.98 Å². The summed E-state index contributed by atoms with van der Waals surface area (Å²) in [6, 6.07) is 0. The third-order valence-electron chi connectivity index (χ3n) is 7.96. The van der Waals surface area contributed by atoms with Crippen LogP contribution in [0.5, 0.6) is 0 Å². The van der Waals surface area contributed by atoms with Gasteiger partial charge in [-0.15, -0.1) is 0 Å². The fraction of sp³-hybridized carbons (Fsp3) is 0.783. The highest BCUT2D eigenvalue weighted by Gasteiger charge is 2.55. The van der Waals surface area contributed by atoms with Crippen LogP contribution in [0.25, 0.3) is 0 Å². The number of hydrogen-bond donors (Lipinski definition) is 1. The van der Waals surface area contributed by atoms with Crippen molar-refractivity contribution in [2.24, 2.45) is 11.3 Å². The Morgan fingerprint density at radius 3 is 2.63 bits per heavy atom. The molecule has 30 heavy (non-hydrogen) atoms. The van der Waals surface area contributed by atoms with Crippen LogP contribution in [0.4, 0.5) is 0 Å². The minimum Gasteiger partial charge on any atom is -0.387 e. The van der Waals surface area contributed by atoms with Crippen LogP contribution in [-0.2, 0) is 11.3 Å². The topological polar surface area (TPSA) is 75.4 Å². The standard InChI is InChI=1S/C23H34ClN3O3/c24-19-15-27(21(29)14-25-19)17-23(30)12-13-26(16-22(23)10-4-5-11-22)20(28)9-8-18-6-2-1-3-7-18/h14-15,18,30H,1-13,16-17H2. The van der Waals surface area contributed by atoms with Crippen LogP contribution in [0.2, 0.25) is 5.15 Å². The van der Waals surface area contributed by atoms with Crippen LogP contribution in [0.3, 0.4) is 0 Å². The molecule has 166 valence electrons. The van der Waals surface area contributed by atoms with E-state index in [1.54, 1.807) is 0 Å². The summed E-state index contributed by atoms with van der Waals surface area (Å²) in [6.45, 7) is 1.36. The first kappa shape index (κ1) is 21.8. The summed E-state index contributed by atoms with van der Waals surface area (Å²) < 4.78 is 1.48. The molecule has 1 N–H and O–H groups in total. The molecule has 1 aromatic heterocycles. The summed E-state index contributed by atoms with van der Waals surface area (Å²) >= 11 is 5.99. The van der Waals surface area contributed by atoms with Crippen LogP contribution in [0.1, 0.15) is 77.0 Å². The van der Waals surface area contributed by atoms with Crippen molar-refractivity contribution in [3.63, 3.8) is 0 Å². The summed E-state index contributed by atoms with van der Waals surface area (Å²) in [5.41, 5.74) is -1.62. The van der Waals surface area contributed by atoms with E-state index in [-0.39, 0.29) is 28.6 Å². The third kappa shape index (κ3) is 4.45. The lowest BCUT2D eigenvalue weighted by atomic mass is 9.65. The van der Waals surface area contributed by atoms with Gasteiger partial charge in [0.15, 0.2) is 0 Å². The summed E-state index contributed by atoms with van der Waals surface area (Å²) in [4.78, 5) is 31.1. The van der Waals surface area contributed by atoms with Gasteiger partial charge in [-0.2, -0.15) is 0 Å². The zero-order valence-corrected chi connectivity index (χ0v) is 18.6. The van der Waals surface area contributed by atoms with E-state index in [4.69, 9.17) is 11.6 Å². The van der Waals surface area contributed by atoms with Gasteiger partial charge in [-0.05, 0) is 31.6 Å². The fourth-order valence-electron chi connectivity index (χ4n) is 6.10. The Hall–Kier alpha value is -1.40. The smallest absolute Gasteiger partial charge is 0.269 e. The summed E-state index contributed by atoms with van der Waals surface area (Å²) in [7, 11) is 0. The number of amides is 1. The molecule has 1 spiro atoms. The average molecular weight is 436 g/mol. The van der Waals surface area contributed by atoms with Gasteiger partial charge in [0, 0.05) is 31.1 Å². The number of aliphatic hydroxyl groups is 1. The molecule has 7 heteroatoms. The van der Waals surface area contributed by atoms with Crippen LogP contribution in [-0.4, -0.2) is 44.2 Å². The monoisotopic (exact) mass is 435 g/mol. The molecular weight excluding hydrogens is 402 g/mol. The highest BCUT2D eigenvalue weighted by molar-refractivity contribution is 6.29. The van der Waals surface area contributed by atoms with Crippen LogP contribution < -0.4 is 5.56 Å². The number of halogens is 1. The van der Waals surface area contributed by atoms with Crippen molar-refractivity contribution in [3.05, 3.63) is 27.9 Å². The van der Waals surface area contributed by atoms with E-state index in [9.17, 15) is 14.7 Å². The molecule has 1 aliphatic heterocycles. The van der Waals surface area contributed by atoms with E-state index in [2.05, 4.69) is 4.98 Å². The minimum atomic E-state index is -1.02. The molecule has 2 heterocycles. The van der Waals surface area contributed by atoms with Crippen molar-refractivity contribution in [3.8, 4) is 0 Å². The number of rotatable bonds is 5. The first-order valence-electron chi connectivity index (χ1n) is 11.6. The van der Waals surface area contributed by atoms with Crippen molar-refractivity contribution in [2.75, 3.05) is 13.1 Å². The Bertz CT molecular complexity index is 814. The van der Waals surface area contributed by atoms with Crippen LogP contribution >= 0.6 is 11.6 Å². The quantitative estimate of drug-likeness (QED) is 0.763. The molecule has 1 aromatic rings. The maximum absolute atomic E-state index is 13.0. The molecule has 1 saturated heterocycles. The summed E-state index contributed by atoms with van der Waals surface area (Å²) in [5.74, 6) is 0.936. The van der Waals surface area contributed by atoms with Gasteiger partial charge in [-0.1, -0.05) is 56.5 Å². The zero-order chi connectivity index (χ0) is 21.2. The first-order chi connectivity index (χ1) is 14.4. The predicted octanol–water partition coefficient (Wildman–Crippen LogP) is 3.78. The lowest BCUT2D eigenvalue weighted by Gasteiger charge is -2.52. The predicted molar refractivity (Wildman–Crippen MR) is 116 cm³/mol. The van der Waals surface area contributed by atoms with Gasteiger partial charge in [0.25, 0.3) is 5.56 Å². The Balaban J connectivity index is 1.45. The number of nitrogens with zero attached hydrogens (tertiary/aromatic N) is 3. The Morgan fingerprint density at radius 2 is 1.90 bits per heavy atom. The van der Waals surface area contributed by atoms with E-state index < -0.39 is 5.60 Å². The molecule has 1 amide bonds. The normalized spacial score (nSPS) is 26.9. The van der Waals surface area contributed by atoms with Gasteiger partial charge in [0.05, 0.1) is 18.3 Å². The molecule has 3 aliphatic rings. The van der Waals surface area contributed by atoms with E-state index >= 15 is 0 Å². The molecule has 1 atom stereocenters. The van der Waals surface area contributed by atoms with Gasteiger partial charge in [-0.3, -0.25) is 9.59 Å². The maximum atomic E-state index is 13.0. The lowest BCUT2D eigenvalue weighted by Crippen LogP contribution is -2.62. The molecular formula is C23H34ClN3O3. The maximum Gasteiger partial charge on any atom is 0.269 e. The molecule has 0 radical (unpaired) electrons. The second-order valence-electron chi connectivity index (χ2n) is 9.80. The van der Waals surface area contributed by atoms with Crippen molar-refractivity contribution in [1.82, 2.24) is 14.5 Å². The van der Waals surface area contributed by atoms with Gasteiger partial charge in [0.1, 0.15) is 5.15 Å². The molecule has 0 bridgehead atoms. The number of carbonyl (C=O) groups excluding carboxylic acids is 1. The molecule has 6 nitrogen and oxygen atoms in total. The van der Waals surface area contributed by atoms with E-state index in [0.717, 1.165) is 32.1 Å². The second kappa shape index (κ2) is 8.99. The van der Waals surface area contributed by atoms with E-state index in [1.807, 2.05) is 4.90 Å². The van der Waals surface area contributed by atoms with Gasteiger partial charge in [0.2, 0.25) is 5.91 Å². The number of likely N-dealkylation sites (tertiary alicyclic amines) is 1. The molecule has 3 fully saturated rings. The van der Waals surface area contributed by atoms with Crippen molar-refractivity contribution in [2.45, 2.75) is 89.2 Å². The molecule has 4 rings (SSSR count). The highest BCUT2D eigenvalue weighted by Crippen LogP contribution is 2.51. The second-order valence-corrected chi connectivity index (χ2v) is 10.2. The number of aromatic nitrogens is 2. The van der Waals surface area contributed by atoms with Crippen molar-refractivity contribution < 1.29 is 9.90 Å². The largest absolute Gasteiger partial charge is 0.387 e. The van der Waals surface area contributed by atoms with Crippen molar-refractivity contribution in [1.29, 1.82) is 0 Å². The molecule has 2 aliphatic carbocycles. The van der Waals surface area contributed by atoms with Crippen LogP contribution in [0.15, 0.2) is 17.2 Å². The summed E-state index contributed by atoms with van der Waals surface area (Å²) in [6.07, 6.45) is 15.2. The number of piperidine rings is 1. The molecule has 2 saturated carbocycles. The first-order valence-corrected chi connectivity index (χ1v) is 12.0. The third-order valence-corrected chi connectivity index (χ3v) is 8.15. The van der Waals surface area contributed by atoms with E-state index in [1.165, 1.54) is 49.1 Å². The van der Waals surface area contributed by atoms with Crippen LogP contribution in [0, 0.1) is 11.3 Å². The molecule has 1 unspecified atom stereocenters. The lowest BCUT2D eigenvalue weighted by molar-refractivity contribution is -0.160. The summed E-state index contributed by atoms with van der Waals surface area (Å²) in [5, 5.41) is 12.0. The van der Waals surface area contributed by atoms with Gasteiger partial charge < -0.3 is 14.6 Å².